The van der Waals surface area contributed by atoms with E-state index in [0.29, 0.717) is 19.4 Å². The molecule has 3 rings (SSSR count). The highest BCUT2D eigenvalue weighted by Crippen LogP contribution is 2.09. The molecule has 3 amide bonds. The lowest BCUT2D eigenvalue weighted by atomic mass is 10.2. The normalized spacial score (nSPS) is 10.4. The van der Waals surface area contributed by atoms with Gasteiger partial charge in [0.15, 0.2) is 6.61 Å². The summed E-state index contributed by atoms with van der Waals surface area (Å²) in [5.74, 6) is -1.19. The molecule has 0 saturated carbocycles. The van der Waals surface area contributed by atoms with Crippen molar-refractivity contribution in [2.24, 2.45) is 0 Å². The zero-order valence-corrected chi connectivity index (χ0v) is 17.1. The van der Waals surface area contributed by atoms with Crippen molar-refractivity contribution < 1.29 is 19.1 Å². The molecule has 0 aliphatic rings. The lowest BCUT2D eigenvalue weighted by molar-refractivity contribution is -0.148. The standard InChI is InChI=1S/C21H22N4O4S/c26-19(24-21(28)22-11-10-18-7-4-12-30-18)15-29-20(27)9-8-16-13-23-25(14-16)17-5-2-1-3-6-17/h1-7,12-14H,8-11,15H2,(H2,22,24,26,28). The quantitative estimate of drug-likeness (QED) is 0.512. The molecule has 1 aromatic carbocycles. The van der Waals surface area contributed by atoms with E-state index in [2.05, 4.69) is 15.7 Å². The third kappa shape index (κ3) is 6.85. The van der Waals surface area contributed by atoms with E-state index < -0.39 is 24.5 Å². The highest BCUT2D eigenvalue weighted by molar-refractivity contribution is 7.09. The second kappa shape index (κ2) is 10.9. The number of amides is 3. The van der Waals surface area contributed by atoms with E-state index in [1.165, 1.54) is 0 Å². The summed E-state index contributed by atoms with van der Waals surface area (Å²) in [6.07, 6.45) is 4.77. The topological polar surface area (TPSA) is 102 Å². The molecule has 0 aliphatic carbocycles. The summed E-state index contributed by atoms with van der Waals surface area (Å²) in [4.78, 5) is 36.4. The molecule has 0 radical (unpaired) electrons. The van der Waals surface area contributed by atoms with Gasteiger partial charge in [-0.15, -0.1) is 11.3 Å². The summed E-state index contributed by atoms with van der Waals surface area (Å²) >= 11 is 1.60. The number of hydrogen-bond acceptors (Lipinski definition) is 6. The highest BCUT2D eigenvalue weighted by atomic mass is 32.1. The minimum atomic E-state index is -0.672. The molecule has 0 spiro atoms. The number of nitrogens with zero attached hydrogens (tertiary/aromatic N) is 2. The second-order valence-electron chi connectivity index (χ2n) is 6.42. The Labute approximate surface area is 177 Å². The van der Waals surface area contributed by atoms with Gasteiger partial charge in [0.25, 0.3) is 5.91 Å². The molecule has 9 heteroatoms. The maximum atomic E-state index is 11.9. The molecule has 0 aliphatic heterocycles. The van der Waals surface area contributed by atoms with Crippen molar-refractivity contribution in [2.45, 2.75) is 19.3 Å². The van der Waals surface area contributed by atoms with Gasteiger partial charge in [0, 0.05) is 24.0 Å². The lowest BCUT2D eigenvalue weighted by Crippen LogP contribution is -2.42. The first-order chi connectivity index (χ1) is 14.6. The first-order valence-electron chi connectivity index (χ1n) is 9.45. The smallest absolute Gasteiger partial charge is 0.321 e. The first kappa shape index (κ1) is 21.3. The zero-order chi connectivity index (χ0) is 21.2. The Morgan fingerprint density at radius 3 is 2.67 bits per heavy atom. The SMILES string of the molecule is O=C(COC(=O)CCc1cnn(-c2ccccc2)c1)NC(=O)NCCc1cccs1. The second-order valence-corrected chi connectivity index (χ2v) is 7.46. The van der Waals surface area contributed by atoms with Gasteiger partial charge in [-0.05, 0) is 42.0 Å². The first-order valence-corrected chi connectivity index (χ1v) is 10.3. The Morgan fingerprint density at radius 2 is 1.90 bits per heavy atom. The fourth-order valence-electron chi connectivity index (χ4n) is 2.64. The number of aryl methyl sites for hydroxylation is 1. The fraction of sp³-hybridized carbons (Fsp3) is 0.238. The van der Waals surface area contributed by atoms with Gasteiger partial charge in [-0.1, -0.05) is 24.3 Å². The van der Waals surface area contributed by atoms with Gasteiger partial charge in [-0.25, -0.2) is 9.48 Å². The molecule has 156 valence electrons. The molecule has 0 saturated heterocycles. The molecule has 2 aromatic heterocycles. The van der Waals surface area contributed by atoms with E-state index in [4.69, 9.17) is 4.74 Å². The number of carbonyl (C=O) groups excluding carboxylic acids is 3. The number of ether oxygens (including phenoxy) is 1. The van der Waals surface area contributed by atoms with Crippen LogP contribution in [0.3, 0.4) is 0 Å². The Balaban J connectivity index is 1.31. The van der Waals surface area contributed by atoms with E-state index in [1.54, 1.807) is 22.2 Å². The number of para-hydroxylation sites is 1. The minimum Gasteiger partial charge on any atom is -0.456 e. The van der Waals surface area contributed by atoms with Crippen molar-refractivity contribution in [2.75, 3.05) is 13.2 Å². The molecule has 3 aromatic rings. The summed E-state index contributed by atoms with van der Waals surface area (Å²) in [6.45, 7) is -0.0868. The van der Waals surface area contributed by atoms with Crippen LogP contribution in [0.15, 0.2) is 60.2 Å². The molecule has 0 unspecified atom stereocenters. The van der Waals surface area contributed by atoms with Crippen molar-refractivity contribution in [3.8, 4) is 5.69 Å². The molecule has 2 N–H and O–H groups in total. The van der Waals surface area contributed by atoms with Crippen molar-refractivity contribution in [3.63, 3.8) is 0 Å². The molecule has 0 fully saturated rings. The fourth-order valence-corrected chi connectivity index (χ4v) is 3.35. The van der Waals surface area contributed by atoms with Crippen molar-refractivity contribution >= 4 is 29.2 Å². The number of urea groups is 1. The molecule has 0 atom stereocenters. The summed E-state index contributed by atoms with van der Waals surface area (Å²) in [5, 5.41) is 11.0. The van der Waals surface area contributed by atoms with E-state index in [-0.39, 0.29) is 6.42 Å². The zero-order valence-electron chi connectivity index (χ0n) is 16.2. The van der Waals surface area contributed by atoms with Crippen molar-refractivity contribution in [3.05, 3.63) is 70.7 Å². The summed E-state index contributed by atoms with van der Waals surface area (Å²) in [7, 11) is 0. The Kier molecular flexibility index (Phi) is 7.73. The van der Waals surface area contributed by atoms with Crippen LogP contribution in [-0.2, 0) is 27.2 Å². The molecular weight excluding hydrogens is 404 g/mol. The van der Waals surface area contributed by atoms with Gasteiger partial charge in [-0.3, -0.25) is 14.9 Å². The molecule has 2 heterocycles. The average molecular weight is 426 g/mol. The number of carbonyl (C=O) groups is 3. The van der Waals surface area contributed by atoms with Gasteiger partial charge in [0.05, 0.1) is 11.9 Å². The number of imide groups is 1. The summed E-state index contributed by atoms with van der Waals surface area (Å²) < 4.78 is 6.65. The van der Waals surface area contributed by atoms with Crippen LogP contribution in [0.2, 0.25) is 0 Å². The highest BCUT2D eigenvalue weighted by Gasteiger charge is 2.11. The predicted octanol–water partition coefficient (Wildman–Crippen LogP) is 2.48. The lowest BCUT2D eigenvalue weighted by Gasteiger charge is -2.07. The van der Waals surface area contributed by atoms with Crippen LogP contribution in [0.1, 0.15) is 16.9 Å². The van der Waals surface area contributed by atoms with Crippen LogP contribution in [0.4, 0.5) is 4.79 Å². The molecule has 8 nitrogen and oxygen atoms in total. The monoisotopic (exact) mass is 426 g/mol. The summed E-state index contributed by atoms with van der Waals surface area (Å²) in [5.41, 5.74) is 1.81. The maximum Gasteiger partial charge on any atom is 0.321 e. The number of hydrogen-bond donors (Lipinski definition) is 2. The van der Waals surface area contributed by atoms with Crippen LogP contribution in [0, 0.1) is 0 Å². The van der Waals surface area contributed by atoms with Crippen LogP contribution >= 0.6 is 11.3 Å². The number of nitrogens with one attached hydrogen (secondary N) is 2. The van der Waals surface area contributed by atoms with Gasteiger partial charge in [-0.2, -0.15) is 5.10 Å². The van der Waals surface area contributed by atoms with Crippen LogP contribution in [-0.4, -0.2) is 40.8 Å². The maximum absolute atomic E-state index is 11.9. The van der Waals surface area contributed by atoms with Crippen molar-refractivity contribution in [1.82, 2.24) is 20.4 Å². The Bertz CT molecular complexity index is 970. The Hall–Kier alpha value is -3.46. The van der Waals surface area contributed by atoms with E-state index in [9.17, 15) is 14.4 Å². The molecular formula is C21H22N4O4S. The van der Waals surface area contributed by atoms with E-state index in [0.717, 1.165) is 16.1 Å². The third-order valence-corrected chi connectivity index (χ3v) is 5.07. The molecule has 30 heavy (non-hydrogen) atoms. The number of rotatable bonds is 9. The number of esters is 1. The predicted molar refractivity (Wildman–Crippen MR) is 112 cm³/mol. The number of aromatic nitrogens is 2. The van der Waals surface area contributed by atoms with E-state index in [1.807, 2.05) is 54.0 Å². The van der Waals surface area contributed by atoms with Crippen LogP contribution in [0.25, 0.3) is 5.69 Å². The van der Waals surface area contributed by atoms with Crippen LogP contribution in [0.5, 0.6) is 0 Å². The van der Waals surface area contributed by atoms with Gasteiger partial charge in [0.1, 0.15) is 0 Å². The third-order valence-electron chi connectivity index (χ3n) is 4.13. The van der Waals surface area contributed by atoms with Gasteiger partial charge >= 0.3 is 12.0 Å². The molecule has 0 bridgehead atoms. The minimum absolute atomic E-state index is 0.112. The summed E-state index contributed by atoms with van der Waals surface area (Å²) in [6, 6.07) is 12.9. The Morgan fingerprint density at radius 1 is 1.07 bits per heavy atom. The van der Waals surface area contributed by atoms with Crippen molar-refractivity contribution in [1.29, 1.82) is 0 Å². The largest absolute Gasteiger partial charge is 0.456 e. The van der Waals surface area contributed by atoms with Gasteiger partial charge in [0.2, 0.25) is 0 Å². The van der Waals surface area contributed by atoms with Crippen LogP contribution < -0.4 is 10.6 Å². The average Bonchev–Trinajstić information content (AvgIpc) is 3.43. The van der Waals surface area contributed by atoms with E-state index >= 15 is 0 Å². The number of benzene rings is 1. The number of thiophene rings is 1. The van der Waals surface area contributed by atoms with Gasteiger partial charge < -0.3 is 10.1 Å².